The molecule has 1 fully saturated rings. The van der Waals surface area contributed by atoms with Gasteiger partial charge >= 0.3 is 0 Å². The Morgan fingerprint density at radius 2 is 1.69 bits per heavy atom. The maximum absolute atomic E-state index is 12.2. The Bertz CT molecular complexity index is 825. The predicted molar refractivity (Wildman–Crippen MR) is 114 cm³/mol. The molecule has 0 unspecified atom stereocenters. The van der Waals surface area contributed by atoms with E-state index in [-0.39, 0.29) is 18.4 Å². The fourth-order valence-electron chi connectivity index (χ4n) is 3.46. The van der Waals surface area contributed by atoms with Crippen molar-refractivity contribution in [1.82, 2.24) is 5.32 Å². The summed E-state index contributed by atoms with van der Waals surface area (Å²) in [7, 11) is 0. The molecule has 0 spiro atoms. The first-order chi connectivity index (χ1) is 13.9. The smallest absolute Gasteiger partial charge is 0.262 e. The monoisotopic (exact) mass is 395 g/mol. The van der Waals surface area contributed by atoms with Gasteiger partial charge in [0.1, 0.15) is 5.75 Å². The van der Waals surface area contributed by atoms with Crippen LogP contribution in [-0.4, -0.2) is 30.5 Å². The molecule has 1 aliphatic rings. The van der Waals surface area contributed by atoms with Crippen molar-refractivity contribution in [2.24, 2.45) is 5.73 Å². The lowest BCUT2D eigenvalue weighted by Crippen LogP contribution is -2.52. The fourth-order valence-corrected chi connectivity index (χ4v) is 3.46. The van der Waals surface area contributed by atoms with Crippen LogP contribution in [0.25, 0.3) is 0 Å². The summed E-state index contributed by atoms with van der Waals surface area (Å²) in [5.74, 6) is 0.376. The summed E-state index contributed by atoms with van der Waals surface area (Å²) >= 11 is 0. The first-order valence-electron chi connectivity index (χ1n) is 10.1. The Balaban J connectivity index is 1.38. The van der Waals surface area contributed by atoms with Gasteiger partial charge in [0.25, 0.3) is 5.91 Å². The topological polar surface area (TPSA) is 93.5 Å². The van der Waals surface area contributed by atoms with Crippen LogP contribution in [0.3, 0.4) is 0 Å². The van der Waals surface area contributed by atoms with Gasteiger partial charge in [-0.1, -0.05) is 42.7 Å². The molecule has 6 heteroatoms. The molecule has 1 aliphatic carbocycles. The minimum Gasteiger partial charge on any atom is -0.484 e. The van der Waals surface area contributed by atoms with Gasteiger partial charge < -0.3 is 21.1 Å². The number of nitrogens with two attached hydrogens (primary N) is 1. The Kier molecular flexibility index (Phi) is 6.88. The molecule has 0 aliphatic heterocycles. The van der Waals surface area contributed by atoms with Crippen molar-refractivity contribution >= 4 is 17.5 Å². The van der Waals surface area contributed by atoms with Gasteiger partial charge in [0.15, 0.2) is 6.61 Å². The van der Waals surface area contributed by atoms with E-state index in [9.17, 15) is 9.59 Å². The highest BCUT2D eigenvalue weighted by molar-refractivity contribution is 5.91. The van der Waals surface area contributed by atoms with Crippen molar-refractivity contribution in [1.29, 1.82) is 0 Å². The summed E-state index contributed by atoms with van der Waals surface area (Å²) in [6.07, 6.45) is 4.30. The van der Waals surface area contributed by atoms with Gasteiger partial charge in [0.2, 0.25) is 5.91 Å². The Morgan fingerprint density at radius 3 is 2.34 bits per heavy atom. The highest BCUT2D eigenvalue weighted by atomic mass is 16.5. The Labute approximate surface area is 171 Å². The van der Waals surface area contributed by atoms with E-state index in [0.717, 1.165) is 48.9 Å². The zero-order chi connectivity index (χ0) is 20.7. The van der Waals surface area contributed by atoms with Gasteiger partial charge in [-0.15, -0.1) is 0 Å². The van der Waals surface area contributed by atoms with Crippen LogP contribution < -0.4 is 21.1 Å². The Morgan fingerprint density at radius 1 is 1.03 bits per heavy atom. The molecule has 0 saturated heterocycles. The molecule has 2 amide bonds. The maximum Gasteiger partial charge on any atom is 0.262 e. The highest BCUT2D eigenvalue weighted by Gasteiger charge is 2.36. The maximum atomic E-state index is 12.2. The number of aryl methyl sites for hydroxylation is 1. The standard InChI is InChI=1S/C23H29N3O3/c1-17-4-8-19(9-5-17)26-21(27)16-29-20-10-6-18(7-11-20)12-15-25-22(28)23(24)13-2-3-14-23/h4-11H,2-3,12-16,24H2,1H3,(H,25,28)(H,26,27). The number of amides is 2. The number of benzene rings is 2. The molecular formula is C23H29N3O3. The molecule has 1 saturated carbocycles. The minimum absolute atomic E-state index is 0.0467. The largest absolute Gasteiger partial charge is 0.484 e. The highest BCUT2D eigenvalue weighted by Crippen LogP contribution is 2.27. The van der Waals surface area contributed by atoms with E-state index in [1.807, 2.05) is 55.5 Å². The van der Waals surface area contributed by atoms with E-state index >= 15 is 0 Å². The third kappa shape index (κ3) is 6.06. The van der Waals surface area contributed by atoms with Crippen molar-refractivity contribution in [3.05, 3.63) is 59.7 Å². The van der Waals surface area contributed by atoms with Gasteiger partial charge in [0, 0.05) is 12.2 Å². The molecule has 2 aromatic rings. The van der Waals surface area contributed by atoms with Gasteiger partial charge in [-0.3, -0.25) is 9.59 Å². The van der Waals surface area contributed by atoms with Crippen LogP contribution in [-0.2, 0) is 16.0 Å². The lowest BCUT2D eigenvalue weighted by atomic mass is 9.98. The van der Waals surface area contributed by atoms with Crippen molar-refractivity contribution < 1.29 is 14.3 Å². The summed E-state index contributed by atoms with van der Waals surface area (Å²) in [5, 5.41) is 5.75. The SMILES string of the molecule is Cc1ccc(NC(=O)COc2ccc(CCNC(=O)C3(N)CCCC3)cc2)cc1. The quantitative estimate of drug-likeness (QED) is 0.641. The third-order valence-corrected chi connectivity index (χ3v) is 5.28. The van der Waals surface area contributed by atoms with Crippen LogP contribution in [0.1, 0.15) is 36.8 Å². The average molecular weight is 396 g/mol. The number of carbonyl (C=O) groups is 2. The van der Waals surface area contributed by atoms with E-state index in [4.69, 9.17) is 10.5 Å². The van der Waals surface area contributed by atoms with Crippen LogP contribution in [0, 0.1) is 6.92 Å². The first-order valence-corrected chi connectivity index (χ1v) is 10.1. The van der Waals surface area contributed by atoms with Crippen molar-refractivity contribution in [2.75, 3.05) is 18.5 Å². The number of hydrogen-bond acceptors (Lipinski definition) is 4. The lowest BCUT2D eigenvalue weighted by molar-refractivity contribution is -0.126. The zero-order valence-corrected chi connectivity index (χ0v) is 16.9. The molecule has 0 radical (unpaired) electrons. The summed E-state index contributed by atoms with van der Waals surface area (Å²) in [4.78, 5) is 24.2. The zero-order valence-electron chi connectivity index (χ0n) is 16.9. The first kappa shape index (κ1) is 20.9. The Hall–Kier alpha value is -2.86. The second-order valence-corrected chi connectivity index (χ2v) is 7.72. The van der Waals surface area contributed by atoms with Crippen LogP contribution in [0.5, 0.6) is 5.75 Å². The molecule has 0 bridgehead atoms. The van der Waals surface area contributed by atoms with Gasteiger partial charge in [-0.2, -0.15) is 0 Å². The predicted octanol–water partition coefficient (Wildman–Crippen LogP) is 2.94. The second kappa shape index (κ2) is 9.56. The summed E-state index contributed by atoms with van der Waals surface area (Å²) in [5.41, 5.74) is 8.44. The van der Waals surface area contributed by atoms with Gasteiger partial charge in [-0.25, -0.2) is 0 Å². The molecule has 3 rings (SSSR count). The van der Waals surface area contributed by atoms with Crippen molar-refractivity contribution in [3.63, 3.8) is 0 Å². The molecule has 0 heterocycles. The molecule has 2 aromatic carbocycles. The molecule has 154 valence electrons. The molecule has 4 N–H and O–H groups in total. The number of ether oxygens (including phenoxy) is 1. The molecule has 6 nitrogen and oxygen atoms in total. The minimum atomic E-state index is -0.684. The number of nitrogens with one attached hydrogen (secondary N) is 2. The second-order valence-electron chi connectivity index (χ2n) is 7.72. The van der Waals surface area contributed by atoms with E-state index in [1.54, 1.807) is 0 Å². The fraction of sp³-hybridized carbons (Fsp3) is 0.391. The third-order valence-electron chi connectivity index (χ3n) is 5.28. The van der Waals surface area contributed by atoms with Gasteiger partial charge in [0.05, 0.1) is 5.54 Å². The van der Waals surface area contributed by atoms with Crippen LogP contribution in [0.4, 0.5) is 5.69 Å². The number of rotatable bonds is 8. The van der Waals surface area contributed by atoms with Crippen LogP contribution in [0.15, 0.2) is 48.5 Å². The normalized spacial score (nSPS) is 15.0. The van der Waals surface area contributed by atoms with E-state index in [1.165, 1.54) is 0 Å². The van der Waals surface area contributed by atoms with Crippen LogP contribution in [0.2, 0.25) is 0 Å². The summed E-state index contributed by atoms with van der Waals surface area (Å²) in [6, 6.07) is 15.1. The molecule has 0 aromatic heterocycles. The van der Waals surface area contributed by atoms with E-state index in [0.29, 0.717) is 12.3 Å². The molecule has 29 heavy (non-hydrogen) atoms. The average Bonchev–Trinajstić information content (AvgIpc) is 3.17. The molecule has 0 atom stereocenters. The summed E-state index contributed by atoms with van der Waals surface area (Å²) < 4.78 is 5.54. The lowest BCUT2D eigenvalue weighted by Gasteiger charge is -2.22. The van der Waals surface area contributed by atoms with Gasteiger partial charge in [-0.05, 0) is 56.0 Å². The van der Waals surface area contributed by atoms with Crippen molar-refractivity contribution in [2.45, 2.75) is 44.6 Å². The van der Waals surface area contributed by atoms with Crippen LogP contribution >= 0.6 is 0 Å². The van der Waals surface area contributed by atoms with Crippen molar-refractivity contribution in [3.8, 4) is 5.75 Å². The summed E-state index contributed by atoms with van der Waals surface area (Å²) in [6.45, 7) is 2.50. The number of anilines is 1. The van der Waals surface area contributed by atoms with E-state index in [2.05, 4.69) is 10.6 Å². The van der Waals surface area contributed by atoms with E-state index < -0.39 is 5.54 Å². The molecular weight excluding hydrogens is 366 g/mol. The number of carbonyl (C=O) groups excluding carboxylic acids is 2. The number of hydrogen-bond donors (Lipinski definition) is 3.